The fourth-order valence-electron chi connectivity index (χ4n) is 4.96. The van der Waals surface area contributed by atoms with Crippen LogP contribution in [0.2, 0.25) is 0 Å². The van der Waals surface area contributed by atoms with E-state index in [0.29, 0.717) is 48.1 Å². The predicted molar refractivity (Wildman–Crippen MR) is 153 cm³/mol. The van der Waals surface area contributed by atoms with Gasteiger partial charge in [0.1, 0.15) is 23.0 Å². The molecule has 0 spiro atoms. The Morgan fingerprint density at radius 3 is 2.34 bits per heavy atom. The molecule has 0 bridgehead atoms. The van der Waals surface area contributed by atoms with E-state index in [0.717, 1.165) is 17.1 Å². The van der Waals surface area contributed by atoms with Crippen molar-refractivity contribution in [2.45, 2.75) is 19.8 Å². The summed E-state index contributed by atoms with van der Waals surface area (Å²) in [4.78, 5) is 29.6. The molecule has 1 aliphatic heterocycles. The van der Waals surface area contributed by atoms with Gasteiger partial charge in [0, 0.05) is 52.6 Å². The molecule has 4 aromatic rings. The number of aryl methyl sites for hydroxylation is 4. The van der Waals surface area contributed by atoms with Gasteiger partial charge in [-0.15, -0.1) is 0 Å². The molecule has 2 aromatic heterocycles. The van der Waals surface area contributed by atoms with E-state index >= 15 is 0 Å². The van der Waals surface area contributed by atoms with Crippen molar-refractivity contribution < 1.29 is 27.8 Å². The number of carboxylic acid groups (broad SMARTS) is 1. The summed E-state index contributed by atoms with van der Waals surface area (Å²) >= 11 is 0. The first kappa shape index (κ1) is 28.1. The number of amides is 1. The number of likely N-dealkylation sites (tertiary alicyclic amines) is 1. The summed E-state index contributed by atoms with van der Waals surface area (Å²) in [6.45, 7) is 3.16. The number of hydrogen-bond donors (Lipinski definition) is 2. The van der Waals surface area contributed by atoms with Crippen LogP contribution in [-0.2, 0) is 32.0 Å². The summed E-state index contributed by atoms with van der Waals surface area (Å²) in [6, 6.07) is 10.2. The minimum Gasteiger partial charge on any atom is -0.493 e. The van der Waals surface area contributed by atoms with Crippen molar-refractivity contribution in [3.63, 3.8) is 0 Å². The summed E-state index contributed by atoms with van der Waals surface area (Å²) in [5, 5.41) is 9.16. The number of benzene rings is 2. The lowest BCUT2D eigenvalue weighted by Crippen LogP contribution is -2.38. The summed E-state index contributed by atoms with van der Waals surface area (Å²) < 4.78 is 43.2. The molecule has 0 atom stereocenters. The maximum atomic E-state index is 12.7. The fraction of sp³-hybridized carbons (Fsp3) is 0.370. The second-order valence-electron chi connectivity index (χ2n) is 10.1. The second-order valence-corrected chi connectivity index (χ2v) is 11.0. The van der Waals surface area contributed by atoms with Crippen LogP contribution in [0.25, 0.3) is 11.0 Å². The number of fused-ring (bicyclic) bond motifs is 1. The highest BCUT2D eigenvalue weighted by molar-refractivity contribution is 7.74. The Labute approximate surface area is 237 Å². The number of aromatic nitrogens is 4. The molecule has 3 heterocycles. The van der Waals surface area contributed by atoms with E-state index in [1.165, 1.54) is 14.0 Å². The van der Waals surface area contributed by atoms with E-state index in [1.54, 1.807) is 75.2 Å². The first-order valence-corrected chi connectivity index (χ1v) is 14.2. The van der Waals surface area contributed by atoms with Crippen LogP contribution in [0.3, 0.4) is 0 Å². The number of ether oxygens (including phenoxy) is 2. The highest BCUT2D eigenvalue weighted by Gasteiger charge is 2.25. The molecule has 0 saturated carbocycles. The van der Waals surface area contributed by atoms with Gasteiger partial charge in [-0.2, -0.15) is 0 Å². The number of imidazole rings is 2. The number of nitrogens with zero attached hydrogens (tertiary/aromatic N) is 6. The lowest BCUT2D eigenvalue weighted by atomic mass is 9.98. The van der Waals surface area contributed by atoms with Crippen molar-refractivity contribution in [2.75, 3.05) is 24.0 Å². The van der Waals surface area contributed by atoms with E-state index in [-0.39, 0.29) is 28.9 Å². The number of carbonyl (C=O) groups is 1. The third-order valence-corrected chi connectivity index (χ3v) is 8.21. The topological polar surface area (TPSA) is 141 Å². The quantitative estimate of drug-likeness (QED) is 0.301. The van der Waals surface area contributed by atoms with Crippen LogP contribution < -0.4 is 19.5 Å². The monoisotopic (exact) mass is 584 g/mol. The van der Waals surface area contributed by atoms with Crippen LogP contribution in [0.4, 0.5) is 16.3 Å². The molecule has 1 saturated heterocycles. The molecular weight excluding hydrogens is 552 g/mol. The lowest BCUT2D eigenvalue weighted by molar-refractivity contribution is 0.111. The van der Waals surface area contributed by atoms with E-state index in [2.05, 4.69) is 4.98 Å². The third kappa shape index (κ3) is 5.59. The predicted octanol–water partition coefficient (Wildman–Crippen LogP) is 3.14. The van der Waals surface area contributed by atoms with Crippen molar-refractivity contribution in [1.29, 1.82) is 0 Å². The van der Waals surface area contributed by atoms with Gasteiger partial charge in [0.15, 0.2) is 11.6 Å². The second kappa shape index (κ2) is 11.2. The number of thiol groups is 1. The van der Waals surface area contributed by atoms with Gasteiger partial charge in [-0.25, -0.2) is 27.3 Å². The minimum atomic E-state index is -3.18. The number of rotatable bonds is 8. The number of anilines is 2. The van der Waals surface area contributed by atoms with E-state index in [9.17, 15) is 18.0 Å². The van der Waals surface area contributed by atoms with Crippen LogP contribution in [0.1, 0.15) is 18.7 Å². The summed E-state index contributed by atoms with van der Waals surface area (Å²) in [6.07, 6.45) is 2.14. The van der Waals surface area contributed by atoms with E-state index < -0.39 is 17.0 Å². The van der Waals surface area contributed by atoms with Crippen LogP contribution in [0.15, 0.2) is 47.4 Å². The Morgan fingerprint density at radius 2 is 1.73 bits per heavy atom. The van der Waals surface area contributed by atoms with Gasteiger partial charge < -0.3 is 24.0 Å². The molecular formula is C27H32N6O7S. The zero-order valence-corrected chi connectivity index (χ0v) is 24.1. The molecule has 0 aliphatic carbocycles. The van der Waals surface area contributed by atoms with Crippen molar-refractivity contribution in [1.82, 2.24) is 23.6 Å². The van der Waals surface area contributed by atoms with Crippen molar-refractivity contribution in [3.8, 4) is 17.2 Å². The largest absolute Gasteiger partial charge is 0.493 e. The maximum Gasteiger partial charge on any atom is 0.407 e. The zero-order valence-electron chi connectivity index (χ0n) is 23.2. The van der Waals surface area contributed by atoms with Gasteiger partial charge in [0.25, 0.3) is 0 Å². The third-order valence-electron chi connectivity index (χ3n) is 7.46. The Hall–Kier alpha value is -4.46. The smallest absolute Gasteiger partial charge is 0.407 e. The molecule has 0 unspecified atom stereocenters. The van der Waals surface area contributed by atoms with Gasteiger partial charge in [-0.05, 0) is 43.9 Å². The molecule has 41 heavy (non-hydrogen) atoms. The van der Waals surface area contributed by atoms with Crippen molar-refractivity contribution in [3.05, 3.63) is 58.9 Å². The van der Waals surface area contributed by atoms with Gasteiger partial charge in [0.05, 0.1) is 17.6 Å². The normalized spacial score (nSPS) is 14.1. The van der Waals surface area contributed by atoms with Crippen LogP contribution >= 0.6 is 0 Å². The summed E-state index contributed by atoms with van der Waals surface area (Å²) in [7, 11) is 1.84. The molecule has 218 valence electrons. The molecule has 1 amide bonds. The Bertz CT molecular complexity index is 1720. The van der Waals surface area contributed by atoms with E-state index in [1.807, 2.05) is 0 Å². The molecule has 5 rings (SSSR count). The van der Waals surface area contributed by atoms with E-state index in [4.69, 9.17) is 14.6 Å². The van der Waals surface area contributed by atoms with Crippen LogP contribution in [0.5, 0.6) is 17.2 Å². The average molecular weight is 585 g/mol. The fourth-order valence-corrected chi connectivity index (χ4v) is 5.55. The van der Waals surface area contributed by atoms with Gasteiger partial charge in [-0.1, -0.05) is 6.07 Å². The van der Waals surface area contributed by atoms with Crippen molar-refractivity contribution >= 4 is 39.5 Å². The maximum absolute atomic E-state index is 12.7. The molecule has 2 aromatic carbocycles. The Kier molecular flexibility index (Phi) is 7.67. The zero-order chi connectivity index (χ0) is 29.4. The van der Waals surface area contributed by atoms with Gasteiger partial charge in [0.2, 0.25) is 10.9 Å². The highest BCUT2D eigenvalue weighted by atomic mass is 32.2. The Morgan fingerprint density at radius 1 is 1.07 bits per heavy atom. The molecule has 14 heteroatoms. The summed E-state index contributed by atoms with van der Waals surface area (Å²) in [5.74, 6) is 2.22. The van der Waals surface area contributed by atoms with Gasteiger partial charge >= 0.3 is 11.8 Å². The molecule has 1 fully saturated rings. The van der Waals surface area contributed by atoms with Crippen LogP contribution in [0, 0.1) is 12.8 Å². The molecule has 1 N–H and O–H groups in total. The standard InChI is InChI=1S/C27H32N6O7S/c1-17-28-25(15-29(17)2)33(41(37)38)23-13-21-22(31(4)26(34)30(21)3)14-24(23)40-20-7-5-6-19(12-20)39-16-18-8-10-32(11-9-18)27(35)36/h5-7,12-15,18,41H,8-11,16H2,1-4H3,(H,35,36). The molecule has 0 radical (unpaired) electrons. The first-order valence-electron chi connectivity index (χ1n) is 13.1. The highest BCUT2D eigenvalue weighted by Crippen LogP contribution is 2.40. The van der Waals surface area contributed by atoms with Crippen molar-refractivity contribution in [2.24, 2.45) is 27.1 Å². The number of hydrogen-bond acceptors (Lipinski definition) is 7. The molecule has 1 aliphatic rings. The average Bonchev–Trinajstić information content (AvgIpc) is 3.37. The lowest BCUT2D eigenvalue weighted by Gasteiger charge is -2.29. The summed E-state index contributed by atoms with van der Waals surface area (Å²) in [5.41, 5.74) is 1.03. The van der Waals surface area contributed by atoms with Crippen LogP contribution in [-0.4, -0.2) is 62.9 Å². The molecule has 13 nitrogen and oxygen atoms in total. The minimum absolute atomic E-state index is 0.192. The Balaban J connectivity index is 1.47. The SMILES string of the molecule is Cc1nc(N(c2cc3c(cc2Oc2cccc(OCC4CCN(C(=O)O)CC4)c2)n(C)c(=O)n3C)[SH](=O)=O)cn1C. The first-order chi connectivity index (χ1) is 19.5. The van der Waals surface area contributed by atoms with Gasteiger partial charge in [-0.3, -0.25) is 9.13 Å². The number of piperidine rings is 1.